The number of nitrogens with one attached hydrogen (secondary N) is 1. The Bertz CT molecular complexity index is 711. The minimum absolute atomic E-state index is 0.253. The van der Waals surface area contributed by atoms with E-state index in [1.165, 1.54) is 12.8 Å². The van der Waals surface area contributed by atoms with E-state index in [9.17, 15) is 5.26 Å². The van der Waals surface area contributed by atoms with Gasteiger partial charge in [0.15, 0.2) is 5.03 Å². The maximum absolute atomic E-state index is 9.75. The second-order valence-electron chi connectivity index (χ2n) is 6.92. The normalized spacial score (nSPS) is 18.8. The molecule has 1 fully saturated rings. The first-order valence-corrected chi connectivity index (χ1v) is 9.44. The number of anilines is 1. The Kier molecular flexibility index (Phi) is 4.99. The number of thioether (sulfide) groups is 1. The molecule has 5 nitrogen and oxygen atoms in total. The molecule has 2 aliphatic rings. The predicted octanol–water partition coefficient (Wildman–Crippen LogP) is 2.83. The fourth-order valence-corrected chi connectivity index (χ4v) is 4.29. The van der Waals surface area contributed by atoms with Gasteiger partial charge in [-0.15, -0.1) is 0 Å². The zero-order valence-corrected chi connectivity index (χ0v) is 15.1. The number of rotatable bonds is 4. The van der Waals surface area contributed by atoms with Gasteiger partial charge >= 0.3 is 0 Å². The van der Waals surface area contributed by atoms with Crippen LogP contribution in [0.3, 0.4) is 0 Å². The molecule has 0 spiro atoms. The summed E-state index contributed by atoms with van der Waals surface area (Å²) in [6.07, 6.45) is 3.62. The summed E-state index contributed by atoms with van der Waals surface area (Å²) in [6.45, 7) is 6.78. The van der Waals surface area contributed by atoms with Crippen molar-refractivity contribution in [1.82, 2.24) is 0 Å². The van der Waals surface area contributed by atoms with Crippen molar-refractivity contribution in [3.8, 4) is 12.1 Å². The number of aromatic nitrogens is 1. The van der Waals surface area contributed by atoms with Gasteiger partial charge in [-0.3, -0.25) is 4.90 Å². The van der Waals surface area contributed by atoms with Gasteiger partial charge in [0, 0.05) is 18.6 Å². The number of fused-ring (bicyclic) bond motifs is 1. The molecule has 0 atom stereocenters. The summed E-state index contributed by atoms with van der Waals surface area (Å²) in [7, 11) is 0. The largest absolute Gasteiger partial charge is 0.370 e. The molecule has 0 aromatic carbocycles. The third-order valence-electron chi connectivity index (χ3n) is 4.61. The number of nitrogens with zero attached hydrogens (tertiary/aromatic N) is 3. The second kappa shape index (κ2) is 7.01. The number of ether oxygens (including phenoxy) is 1. The Hall–Kier alpha value is -1.76. The summed E-state index contributed by atoms with van der Waals surface area (Å²) in [5, 5.41) is 19.4. The molecule has 1 aromatic rings. The first-order valence-electron chi connectivity index (χ1n) is 8.45. The van der Waals surface area contributed by atoms with Crippen molar-refractivity contribution in [3.05, 3.63) is 16.7 Å². The van der Waals surface area contributed by atoms with Gasteiger partial charge in [0.05, 0.1) is 36.9 Å². The van der Waals surface area contributed by atoms with E-state index in [0.29, 0.717) is 18.8 Å². The zero-order chi connectivity index (χ0) is 17.2. The fourth-order valence-electron chi connectivity index (χ4n) is 3.41. The second-order valence-corrected chi connectivity index (χ2v) is 8.03. The van der Waals surface area contributed by atoms with Gasteiger partial charge in [0.25, 0.3) is 5.82 Å². The highest BCUT2D eigenvalue weighted by Crippen LogP contribution is 2.37. The highest BCUT2D eigenvalue weighted by molar-refractivity contribution is 7.99. The van der Waals surface area contributed by atoms with Crippen LogP contribution in [0.25, 0.3) is 0 Å². The lowest BCUT2D eigenvalue weighted by Gasteiger charge is -2.33. The number of H-pyrrole nitrogens is 1. The molecule has 1 saturated heterocycles. The molecule has 126 valence electrons. The van der Waals surface area contributed by atoms with Crippen LogP contribution in [0.2, 0.25) is 0 Å². The molecule has 0 amide bonds. The molecule has 1 N–H and O–H groups in total. The van der Waals surface area contributed by atoms with E-state index >= 15 is 0 Å². The van der Waals surface area contributed by atoms with Crippen molar-refractivity contribution in [2.75, 3.05) is 23.7 Å². The van der Waals surface area contributed by atoms with Crippen LogP contribution in [0.15, 0.2) is 5.03 Å². The van der Waals surface area contributed by atoms with Gasteiger partial charge < -0.3 is 4.74 Å². The Balaban J connectivity index is 2.08. The minimum Gasteiger partial charge on any atom is -0.370 e. The summed E-state index contributed by atoms with van der Waals surface area (Å²) in [4.78, 5) is 5.87. The highest BCUT2D eigenvalue weighted by atomic mass is 32.2. The standard InChI is InChI=1S/C18H22N4OS/c1-18(2)10-13-14(11-20)17(24-9-5-6-19)21-16(15(13)12-23-18)22-7-3-4-8-22/h3-5,7-10,12H2,1-2H3/p+1. The van der Waals surface area contributed by atoms with E-state index in [0.717, 1.165) is 47.0 Å². The quantitative estimate of drug-likeness (QED) is 0.621. The molecule has 24 heavy (non-hydrogen) atoms. The van der Waals surface area contributed by atoms with Crippen LogP contribution < -0.4 is 9.88 Å². The van der Waals surface area contributed by atoms with Crippen molar-refractivity contribution in [2.24, 2.45) is 0 Å². The lowest BCUT2D eigenvalue weighted by atomic mass is 9.89. The van der Waals surface area contributed by atoms with E-state index in [-0.39, 0.29) is 5.60 Å². The number of hydrogen-bond donors (Lipinski definition) is 0. The summed E-state index contributed by atoms with van der Waals surface area (Å²) in [5.74, 6) is 1.80. The SMILES string of the molecule is CC1(C)Cc2c(C#N)c(SCCC#N)[nH+]c(N3CCCC3)c2CO1. The van der Waals surface area contributed by atoms with Crippen LogP contribution in [0.1, 0.15) is 49.8 Å². The molecular weight excluding hydrogens is 320 g/mol. The van der Waals surface area contributed by atoms with Gasteiger partial charge in [-0.25, -0.2) is 4.98 Å². The van der Waals surface area contributed by atoms with Crippen molar-refractivity contribution < 1.29 is 9.72 Å². The average molecular weight is 343 g/mol. The lowest BCUT2D eigenvalue weighted by molar-refractivity contribution is -0.414. The fraction of sp³-hybridized carbons (Fsp3) is 0.611. The maximum Gasteiger partial charge on any atom is 0.281 e. The number of hydrogen-bond acceptors (Lipinski definition) is 5. The summed E-state index contributed by atoms with van der Waals surface area (Å²) < 4.78 is 6.02. The Morgan fingerprint density at radius 3 is 2.67 bits per heavy atom. The van der Waals surface area contributed by atoms with Crippen LogP contribution in [-0.2, 0) is 17.8 Å². The van der Waals surface area contributed by atoms with Crippen LogP contribution in [0.4, 0.5) is 5.82 Å². The Morgan fingerprint density at radius 2 is 2.00 bits per heavy atom. The molecule has 0 aliphatic carbocycles. The minimum atomic E-state index is -0.253. The smallest absolute Gasteiger partial charge is 0.281 e. The van der Waals surface area contributed by atoms with Crippen LogP contribution in [0.5, 0.6) is 0 Å². The van der Waals surface area contributed by atoms with E-state index in [1.54, 1.807) is 11.8 Å². The van der Waals surface area contributed by atoms with Crippen molar-refractivity contribution in [1.29, 1.82) is 10.5 Å². The first-order chi connectivity index (χ1) is 11.6. The van der Waals surface area contributed by atoms with Gasteiger partial charge in [-0.05, 0) is 32.3 Å². The lowest BCUT2D eigenvalue weighted by Crippen LogP contribution is -2.37. The Labute approximate surface area is 147 Å². The predicted molar refractivity (Wildman–Crippen MR) is 92.7 cm³/mol. The monoisotopic (exact) mass is 343 g/mol. The summed E-state index contributed by atoms with van der Waals surface area (Å²) in [6, 6.07) is 4.57. The molecule has 3 rings (SSSR count). The van der Waals surface area contributed by atoms with Gasteiger partial charge in [0.1, 0.15) is 11.6 Å². The highest BCUT2D eigenvalue weighted by Gasteiger charge is 2.36. The van der Waals surface area contributed by atoms with E-state index in [4.69, 9.17) is 10.00 Å². The molecule has 0 unspecified atom stereocenters. The zero-order valence-electron chi connectivity index (χ0n) is 14.3. The molecule has 0 bridgehead atoms. The van der Waals surface area contributed by atoms with Crippen molar-refractivity contribution in [2.45, 2.75) is 56.8 Å². The molecule has 2 aliphatic heterocycles. The van der Waals surface area contributed by atoms with E-state index < -0.39 is 0 Å². The van der Waals surface area contributed by atoms with E-state index in [1.807, 2.05) is 0 Å². The van der Waals surface area contributed by atoms with Gasteiger partial charge in [0.2, 0.25) is 0 Å². The Morgan fingerprint density at radius 1 is 1.25 bits per heavy atom. The molecule has 1 aromatic heterocycles. The van der Waals surface area contributed by atoms with Gasteiger partial charge in [-0.1, -0.05) is 11.8 Å². The summed E-state index contributed by atoms with van der Waals surface area (Å²) >= 11 is 1.57. The van der Waals surface area contributed by atoms with Crippen molar-refractivity contribution >= 4 is 17.6 Å². The number of nitriles is 2. The van der Waals surface area contributed by atoms with Crippen LogP contribution in [-0.4, -0.2) is 24.4 Å². The average Bonchev–Trinajstić information content (AvgIpc) is 3.07. The molecule has 0 saturated carbocycles. The third-order valence-corrected chi connectivity index (χ3v) is 5.62. The molecule has 0 radical (unpaired) electrons. The number of aromatic amines is 1. The topological polar surface area (TPSA) is 74.2 Å². The first kappa shape index (κ1) is 17.1. The van der Waals surface area contributed by atoms with Crippen LogP contribution in [0, 0.1) is 22.7 Å². The molecule has 6 heteroatoms. The maximum atomic E-state index is 9.75. The summed E-state index contributed by atoms with van der Waals surface area (Å²) in [5.41, 5.74) is 2.73. The van der Waals surface area contributed by atoms with Gasteiger partial charge in [-0.2, -0.15) is 10.5 Å². The van der Waals surface area contributed by atoms with E-state index in [2.05, 4.69) is 35.9 Å². The molecule has 3 heterocycles. The molecular formula is C18H23N4OS+. The third kappa shape index (κ3) is 3.36. The number of pyridine rings is 1. The van der Waals surface area contributed by atoms with Crippen LogP contribution >= 0.6 is 11.8 Å². The van der Waals surface area contributed by atoms with Crippen molar-refractivity contribution in [3.63, 3.8) is 0 Å².